The zero-order valence-electron chi connectivity index (χ0n) is 17.1. The molecular weight excluding hydrogens is 493 g/mol. The molecule has 1 amide bonds. The Morgan fingerprint density at radius 1 is 1.21 bits per heavy atom. The van der Waals surface area contributed by atoms with E-state index in [9.17, 15) is 4.79 Å². The van der Waals surface area contributed by atoms with E-state index in [0.717, 1.165) is 23.7 Å². The predicted molar refractivity (Wildman–Crippen MR) is 127 cm³/mol. The van der Waals surface area contributed by atoms with Crippen LogP contribution in [0.1, 0.15) is 25.5 Å². The van der Waals surface area contributed by atoms with E-state index in [4.69, 9.17) is 16.3 Å². The molecule has 0 bridgehead atoms. The number of halogens is 2. The number of hydrogen-bond donors (Lipinski definition) is 3. The molecule has 0 radical (unpaired) electrons. The molecule has 9 heteroatoms. The van der Waals surface area contributed by atoms with Gasteiger partial charge in [-0.2, -0.15) is 0 Å². The Hall–Kier alpha value is -1.10. The van der Waals surface area contributed by atoms with E-state index in [0.29, 0.717) is 25.7 Å². The van der Waals surface area contributed by atoms with Crippen molar-refractivity contribution in [1.29, 1.82) is 0 Å². The number of nitrogens with one attached hydrogen (secondary N) is 3. The van der Waals surface area contributed by atoms with E-state index in [1.165, 1.54) is 0 Å². The maximum atomic E-state index is 11.8. The van der Waals surface area contributed by atoms with Crippen LogP contribution in [0.15, 0.2) is 29.3 Å². The van der Waals surface area contributed by atoms with Gasteiger partial charge in [-0.25, -0.2) is 0 Å². The van der Waals surface area contributed by atoms with E-state index in [1.54, 1.807) is 14.2 Å². The number of nitrogens with zero attached hydrogens (tertiary/aromatic N) is 2. The lowest BCUT2D eigenvalue weighted by Crippen LogP contribution is -2.46. The summed E-state index contributed by atoms with van der Waals surface area (Å²) in [6.45, 7) is 7.81. The molecule has 0 aliphatic carbocycles. The molecule has 0 aliphatic rings. The third-order valence-corrected chi connectivity index (χ3v) is 4.59. The van der Waals surface area contributed by atoms with E-state index in [1.807, 2.05) is 24.3 Å². The SMILES string of the molecule is CCN(CC)C(CNC(=NC)NCC(=O)NCCOC)c1ccccc1Cl.I. The van der Waals surface area contributed by atoms with Crippen molar-refractivity contribution in [2.24, 2.45) is 4.99 Å². The summed E-state index contributed by atoms with van der Waals surface area (Å²) >= 11 is 6.43. The lowest BCUT2D eigenvalue weighted by Gasteiger charge is -2.31. The fourth-order valence-corrected chi connectivity index (χ4v) is 3.04. The number of rotatable bonds is 11. The molecule has 0 aromatic heterocycles. The molecule has 0 heterocycles. The quantitative estimate of drug-likeness (QED) is 0.179. The largest absolute Gasteiger partial charge is 0.383 e. The second-order valence-electron chi connectivity index (χ2n) is 5.91. The number of benzene rings is 1. The van der Waals surface area contributed by atoms with Crippen LogP contribution in [0.2, 0.25) is 5.02 Å². The smallest absolute Gasteiger partial charge is 0.239 e. The Bertz CT molecular complexity index is 599. The van der Waals surface area contributed by atoms with Crippen molar-refractivity contribution in [3.8, 4) is 0 Å². The van der Waals surface area contributed by atoms with E-state index in [-0.39, 0.29) is 42.5 Å². The monoisotopic (exact) mass is 525 g/mol. The van der Waals surface area contributed by atoms with Gasteiger partial charge in [0.15, 0.2) is 5.96 Å². The molecule has 28 heavy (non-hydrogen) atoms. The first-order chi connectivity index (χ1) is 13.1. The molecule has 160 valence electrons. The second kappa shape index (κ2) is 15.8. The van der Waals surface area contributed by atoms with Crippen LogP contribution >= 0.6 is 35.6 Å². The number of hydrogen-bond acceptors (Lipinski definition) is 4. The summed E-state index contributed by atoms with van der Waals surface area (Å²) in [5.74, 6) is 0.461. The van der Waals surface area contributed by atoms with Crippen LogP contribution in [0.4, 0.5) is 0 Å². The average molecular weight is 526 g/mol. The van der Waals surface area contributed by atoms with E-state index in [2.05, 4.69) is 39.7 Å². The first-order valence-electron chi connectivity index (χ1n) is 9.25. The normalized spacial score (nSPS) is 12.3. The third kappa shape index (κ3) is 9.40. The highest BCUT2D eigenvalue weighted by atomic mass is 127. The van der Waals surface area contributed by atoms with Crippen LogP contribution in [0.25, 0.3) is 0 Å². The van der Waals surface area contributed by atoms with Crippen LogP contribution in [0, 0.1) is 0 Å². The number of carbonyl (C=O) groups excluding carboxylic acids is 1. The summed E-state index contributed by atoms with van der Waals surface area (Å²) in [5.41, 5.74) is 1.07. The van der Waals surface area contributed by atoms with Crippen molar-refractivity contribution in [3.63, 3.8) is 0 Å². The van der Waals surface area contributed by atoms with Gasteiger partial charge in [0.25, 0.3) is 0 Å². The third-order valence-electron chi connectivity index (χ3n) is 4.25. The average Bonchev–Trinajstić information content (AvgIpc) is 2.68. The molecule has 1 aromatic carbocycles. The van der Waals surface area contributed by atoms with Crippen molar-refractivity contribution >= 4 is 47.4 Å². The number of methoxy groups -OCH3 is 1. The summed E-state index contributed by atoms with van der Waals surface area (Å²) in [4.78, 5) is 18.3. The molecule has 1 rings (SSSR count). The van der Waals surface area contributed by atoms with Gasteiger partial charge in [-0.15, -0.1) is 24.0 Å². The summed E-state index contributed by atoms with van der Waals surface area (Å²) in [6, 6.07) is 7.98. The highest BCUT2D eigenvalue weighted by molar-refractivity contribution is 14.0. The number of amides is 1. The van der Waals surface area contributed by atoms with Crippen molar-refractivity contribution in [2.75, 3.05) is 53.5 Å². The van der Waals surface area contributed by atoms with Gasteiger partial charge in [-0.3, -0.25) is 14.7 Å². The number of likely N-dealkylation sites (N-methyl/N-ethyl adjacent to an activating group) is 1. The van der Waals surface area contributed by atoms with Gasteiger partial charge in [0.05, 0.1) is 19.2 Å². The van der Waals surface area contributed by atoms with Gasteiger partial charge in [-0.1, -0.05) is 43.6 Å². The standard InChI is InChI=1S/C19H32ClN5O2.HI/c1-5-25(6-2)17(15-9-7-8-10-16(15)20)13-23-19(21-3)24-14-18(26)22-11-12-27-4;/h7-10,17H,5-6,11-14H2,1-4H3,(H,22,26)(H2,21,23,24);1H. The number of carbonyl (C=O) groups is 1. The lowest BCUT2D eigenvalue weighted by molar-refractivity contribution is -0.120. The zero-order valence-corrected chi connectivity index (χ0v) is 20.2. The van der Waals surface area contributed by atoms with Crippen LogP contribution in [-0.2, 0) is 9.53 Å². The van der Waals surface area contributed by atoms with Gasteiger partial charge >= 0.3 is 0 Å². The van der Waals surface area contributed by atoms with Crippen LogP contribution in [-0.4, -0.2) is 70.3 Å². The summed E-state index contributed by atoms with van der Waals surface area (Å²) < 4.78 is 4.91. The first kappa shape index (κ1) is 26.9. The van der Waals surface area contributed by atoms with E-state index < -0.39 is 0 Å². The zero-order chi connectivity index (χ0) is 20.1. The molecule has 1 atom stereocenters. The Balaban J connectivity index is 0.00000729. The number of ether oxygens (including phenoxy) is 1. The van der Waals surface area contributed by atoms with Crippen LogP contribution < -0.4 is 16.0 Å². The fraction of sp³-hybridized carbons (Fsp3) is 0.579. The molecule has 0 saturated heterocycles. The Labute approximate surface area is 190 Å². The minimum Gasteiger partial charge on any atom is -0.383 e. The molecule has 1 aromatic rings. The number of guanidine groups is 1. The summed E-state index contributed by atoms with van der Waals surface area (Å²) in [6.07, 6.45) is 0. The maximum absolute atomic E-state index is 11.8. The minimum atomic E-state index is -0.110. The second-order valence-corrected chi connectivity index (χ2v) is 6.32. The Morgan fingerprint density at radius 3 is 2.46 bits per heavy atom. The Kier molecular flexibility index (Phi) is 15.2. The molecule has 0 spiro atoms. The number of aliphatic imine (C=N–C) groups is 1. The molecule has 0 fully saturated rings. The maximum Gasteiger partial charge on any atom is 0.239 e. The summed E-state index contributed by atoms with van der Waals surface area (Å²) in [7, 11) is 3.28. The fourth-order valence-electron chi connectivity index (χ4n) is 2.78. The van der Waals surface area contributed by atoms with Gasteiger partial charge in [0.2, 0.25) is 5.91 Å². The topological polar surface area (TPSA) is 78.0 Å². The van der Waals surface area contributed by atoms with Crippen molar-refractivity contribution in [1.82, 2.24) is 20.9 Å². The highest BCUT2D eigenvalue weighted by Crippen LogP contribution is 2.26. The predicted octanol–water partition coefficient (Wildman–Crippen LogP) is 2.27. The van der Waals surface area contributed by atoms with Gasteiger partial charge in [-0.05, 0) is 24.7 Å². The Morgan fingerprint density at radius 2 is 1.89 bits per heavy atom. The lowest BCUT2D eigenvalue weighted by atomic mass is 10.0. The molecule has 7 nitrogen and oxygen atoms in total. The van der Waals surface area contributed by atoms with E-state index >= 15 is 0 Å². The van der Waals surface area contributed by atoms with Crippen molar-refractivity contribution in [2.45, 2.75) is 19.9 Å². The van der Waals surface area contributed by atoms with Gasteiger partial charge in [0, 0.05) is 32.3 Å². The van der Waals surface area contributed by atoms with Gasteiger partial charge < -0.3 is 20.7 Å². The molecule has 0 saturated carbocycles. The highest BCUT2D eigenvalue weighted by Gasteiger charge is 2.20. The summed E-state index contributed by atoms with van der Waals surface area (Å²) in [5, 5.41) is 9.84. The first-order valence-corrected chi connectivity index (χ1v) is 9.63. The molecule has 3 N–H and O–H groups in total. The van der Waals surface area contributed by atoms with Gasteiger partial charge in [0.1, 0.15) is 0 Å². The molecule has 0 aliphatic heterocycles. The van der Waals surface area contributed by atoms with Crippen molar-refractivity contribution in [3.05, 3.63) is 34.9 Å². The van der Waals surface area contributed by atoms with Crippen LogP contribution in [0.5, 0.6) is 0 Å². The molecular formula is C19H33ClIN5O2. The minimum absolute atomic E-state index is 0. The molecule has 1 unspecified atom stereocenters. The van der Waals surface area contributed by atoms with Crippen LogP contribution in [0.3, 0.4) is 0 Å². The van der Waals surface area contributed by atoms with Crippen molar-refractivity contribution < 1.29 is 9.53 Å².